The fourth-order valence-corrected chi connectivity index (χ4v) is 5.60. The van der Waals surface area contributed by atoms with E-state index in [0.29, 0.717) is 35.7 Å². The van der Waals surface area contributed by atoms with Crippen molar-refractivity contribution in [3.05, 3.63) is 126 Å². The molecular formula is C37H38F4N4O5. The quantitative estimate of drug-likeness (QED) is 0.121. The summed E-state index contributed by atoms with van der Waals surface area (Å²) in [6.45, 7) is -1.20. The van der Waals surface area contributed by atoms with Gasteiger partial charge in [0.05, 0.1) is 24.8 Å². The average Bonchev–Trinajstić information content (AvgIpc) is 3.11. The van der Waals surface area contributed by atoms with Crippen LogP contribution >= 0.6 is 0 Å². The summed E-state index contributed by atoms with van der Waals surface area (Å²) in [6, 6.07) is 29.2. The van der Waals surface area contributed by atoms with E-state index < -0.39 is 48.5 Å². The lowest BCUT2D eigenvalue weighted by Crippen LogP contribution is -2.49. The molecule has 4 atom stereocenters. The number of amides is 2. The number of rotatable bonds is 13. The number of hydrogen-bond donors (Lipinski definition) is 4. The molecule has 1 fully saturated rings. The number of alkyl halides is 3. The maximum absolute atomic E-state index is 15.1. The lowest BCUT2D eigenvalue weighted by atomic mass is 9.85. The van der Waals surface area contributed by atoms with Gasteiger partial charge in [0, 0.05) is 23.7 Å². The molecule has 50 heavy (non-hydrogen) atoms. The Bertz CT molecular complexity index is 1690. The normalized spacial score (nSPS) is 17.3. The van der Waals surface area contributed by atoms with Crippen LogP contribution in [0.4, 0.5) is 28.0 Å². The van der Waals surface area contributed by atoms with Gasteiger partial charge in [-0.15, -0.1) is 0 Å². The first-order valence-corrected chi connectivity index (χ1v) is 16.1. The van der Waals surface area contributed by atoms with Gasteiger partial charge in [0.1, 0.15) is 30.5 Å². The van der Waals surface area contributed by atoms with E-state index in [1.54, 1.807) is 11.4 Å². The number of halogens is 4. The second-order valence-electron chi connectivity index (χ2n) is 11.8. The summed E-state index contributed by atoms with van der Waals surface area (Å²) in [5.74, 6) is -0.188. The van der Waals surface area contributed by atoms with Crippen molar-refractivity contribution in [3.8, 4) is 11.5 Å². The van der Waals surface area contributed by atoms with Crippen LogP contribution in [0, 0.1) is 5.82 Å². The van der Waals surface area contributed by atoms with Crippen LogP contribution in [-0.4, -0.2) is 62.7 Å². The number of ether oxygens (including phenoxy) is 3. The Morgan fingerprint density at radius 3 is 2.22 bits per heavy atom. The van der Waals surface area contributed by atoms with Gasteiger partial charge in [0.2, 0.25) is 5.91 Å². The zero-order chi connectivity index (χ0) is 35.5. The fourth-order valence-electron chi connectivity index (χ4n) is 5.60. The highest BCUT2D eigenvalue weighted by atomic mass is 19.4. The first-order chi connectivity index (χ1) is 24.1. The summed E-state index contributed by atoms with van der Waals surface area (Å²) in [5, 5.41) is 7.62. The van der Waals surface area contributed by atoms with E-state index in [0.717, 1.165) is 11.1 Å². The van der Waals surface area contributed by atoms with E-state index in [2.05, 4.69) is 10.6 Å². The van der Waals surface area contributed by atoms with Crippen molar-refractivity contribution in [3.63, 3.8) is 0 Å². The van der Waals surface area contributed by atoms with Crippen molar-refractivity contribution in [2.75, 3.05) is 31.6 Å². The zero-order valence-corrected chi connectivity index (χ0v) is 27.0. The number of nitrogens with one attached hydrogen (secondary N) is 3. The SMILES string of the molecule is N[C@H](C(=O)Nc1cccc(F)c1CC[C@@H]1CN[C@H](COC(=O)NCC(F)(F)F)CO1)C(c1ccccc1)c1ccc(Oc2ccccc2)cc1. The zero-order valence-electron chi connectivity index (χ0n) is 27.0. The molecule has 1 aliphatic rings. The monoisotopic (exact) mass is 694 g/mol. The maximum atomic E-state index is 15.1. The van der Waals surface area contributed by atoms with Crippen LogP contribution in [0.5, 0.6) is 11.5 Å². The van der Waals surface area contributed by atoms with Crippen molar-refractivity contribution in [2.45, 2.75) is 43.1 Å². The Labute approximate surface area is 287 Å². The molecule has 1 saturated heterocycles. The molecule has 0 radical (unpaired) electrons. The molecule has 1 aliphatic heterocycles. The van der Waals surface area contributed by atoms with Gasteiger partial charge in [-0.2, -0.15) is 13.2 Å². The largest absolute Gasteiger partial charge is 0.457 e. The summed E-state index contributed by atoms with van der Waals surface area (Å²) in [7, 11) is 0. The Kier molecular flexibility index (Phi) is 12.4. The number of morpholine rings is 1. The predicted octanol–water partition coefficient (Wildman–Crippen LogP) is 6.29. The summed E-state index contributed by atoms with van der Waals surface area (Å²) in [5.41, 5.74) is 8.87. The van der Waals surface area contributed by atoms with Gasteiger partial charge in [-0.25, -0.2) is 9.18 Å². The highest BCUT2D eigenvalue weighted by molar-refractivity contribution is 5.96. The maximum Gasteiger partial charge on any atom is 0.407 e. The van der Waals surface area contributed by atoms with E-state index in [1.807, 2.05) is 84.9 Å². The fraction of sp³-hybridized carbons (Fsp3) is 0.297. The van der Waals surface area contributed by atoms with Crippen LogP contribution in [0.15, 0.2) is 103 Å². The van der Waals surface area contributed by atoms with E-state index in [9.17, 15) is 22.8 Å². The number of benzene rings is 4. The van der Waals surface area contributed by atoms with Gasteiger partial charge in [0.15, 0.2) is 0 Å². The van der Waals surface area contributed by atoms with E-state index in [4.69, 9.17) is 19.9 Å². The lowest BCUT2D eigenvalue weighted by Gasteiger charge is -2.30. The van der Waals surface area contributed by atoms with E-state index >= 15 is 4.39 Å². The summed E-state index contributed by atoms with van der Waals surface area (Å²) < 4.78 is 68.5. The molecule has 1 heterocycles. The van der Waals surface area contributed by atoms with Crippen LogP contribution in [0.3, 0.4) is 0 Å². The molecule has 4 aromatic carbocycles. The second-order valence-corrected chi connectivity index (χ2v) is 11.8. The summed E-state index contributed by atoms with van der Waals surface area (Å²) in [6.07, 6.45) is -5.42. The molecule has 0 saturated carbocycles. The number of anilines is 1. The van der Waals surface area contributed by atoms with E-state index in [-0.39, 0.29) is 25.7 Å². The van der Waals surface area contributed by atoms with Crippen LogP contribution in [-0.2, 0) is 20.7 Å². The molecule has 13 heteroatoms. The number of alkyl carbamates (subject to hydrolysis) is 1. The molecule has 1 unspecified atom stereocenters. The molecule has 9 nitrogen and oxygen atoms in total. The van der Waals surface area contributed by atoms with Gasteiger partial charge in [0.25, 0.3) is 0 Å². The predicted molar refractivity (Wildman–Crippen MR) is 180 cm³/mol. The van der Waals surface area contributed by atoms with E-state index in [1.165, 1.54) is 12.1 Å². The Morgan fingerprint density at radius 1 is 0.900 bits per heavy atom. The Morgan fingerprint density at radius 2 is 1.56 bits per heavy atom. The highest BCUT2D eigenvalue weighted by Gasteiger charge is 2.30. The highest BCUT2D eigenvalue weighted by Crippen LogP contribution is 2.31. The molecule has 0 bridgehead atoms. The lowest BCUT2D eigenvalue weighted by molar-refractivity contribution is -0.124. The number of carbonyl (C=O) groups is 2. The molecule has 4 aromatic rings. The number of hydrogen-bond acceptors (Lipinski definition) is 7. The van der Waals surface area contributed by atoms with Crippen LogP contribution in [0.2, 0.25) is 0 Å². The third kappa shape index (κ3) is 10.5. The number of carbonyl (C=O) groups excluding carboxylic acids is 2. The van der Waals surface area contributed by atoms with Crippen molar-refractivity contribution < 1.29 is 41.4 Å². The smallest absolute Gasteiger partial charge is 0.407 e. The molecule has 0 spiro atoms. The molecule has 5 rings (SSSR count). The number of nitrogens with two attached hydrogens (primary N) is 1. The van der Waals surface area contributed by atoms with Crippen molar-refractivity contribution in [2.24, 2.45) is 5.73 Å². The minimum Gasteiger partial charge on any atom is -0.457 e. The van der Waals surface area contributed by atoms with Crippen LogP contribution in [0.25, 0.3) is 0 Å². The molecule has 2 amide bonds. The van der Waals surface area contributed by atoms with Crippen molar-refractivity contribution in [1.29, 1.82) is 0 Å². The van der Waals surface area contributed by atoms with Crippen LogP contribution in [0.1, 0.15) is 29.0 Å². The molecule has 5 N–H and O–H groups in total. The minimum atomic E-state index is -4.54. The standard InChI is InChI=1S/C37H38F4N4O5/c38-31-12-7-13-32(30(31)19-18-29-20-43-26(21-48-29)22-49-36(47)44-23-37(39,40)41)45-35(46)34(42)33(24-8-3-1-4-9-24)25-14-16-28(17-15-25)50-27-10-5-2-6-11-27/h1-17,26,29,33-34,43H,18-23,42H2,(H,44,47)(H,45,46)/t26-,29+,33?,34-/m0/s1. The second kappa shape index (κ2) is 17.1. The van der Waals surface area contributed by atoms with Crippen LogP contribution < -0.4 is 26.4 Å². The third-order valence-electron chi connectivity index (χ3n) is 8.15. The topological polar surface area (TPSA) is 124 Å². The molecule has 0 aliphatic carbocycles. The van der Waals surface area contributed by atoms with Gasteiger partial charge in [-0.3, -0.25) is 4.79 Å². The molecule has 264 valence electrons. The van der Waals surface area contributed by atoms with Gasteiger partial charge in [-0.05, 0) is 60.4 Å². The molecule has 0 aromatic heterocycles. The average molecular weight is 695 g/mol. The molecular weight excluding hydrogens is 656 g/mol. The van der Waals surface area contributed by atoms with Gasteiger partial charge >= 0.3 is 12.3 Å². The Balaban J connectivity index is 1.19. The van der Waals surface area contributed by atoms with Crippen molar-refractivity contribution >= 4 is 17.7 Å². The summed E-state index contributed by atoms with van der Waals surface area (Å²) >= 11 is 0. The van der Waals surface area contributed by atoms with Gasteiger partial charge in [-0.1, -0.05) is 66.7 Å². The first-order valence-electron chi connectivity index (χ1n) is 16.1. The first kappa shape index (κ1) is 36.3. The third-order valence-corrected chi connectivity index (χ3v) is 8.15. The van der Waals surface area contributed by atoms with Gasteiger partial charge < -0.3 is 35.9 Å². The van der Waals surface area contributed by atoms with Crippen molar-refractivity contribution in [1.82, 2.24) is 10.6 Å². The minimum absolute atomic E-state index is 0.132. The summed E-state index contributed by atoms with van der Waals surface area (Å²) in [4.78, 5) is 25.2. The Hall–Kier alpha value is -4.98. The number of para-hydroxylation sites is 1.